The Bertz CT molecular complexity index is 1240. The SMILES string of the molecule is CC(C)N(CC(=O)N1c2ccccc2-n2cccc2C1c1cccc(Cl)c1)C(=O)CCC1CCCC1. The first-order chi connectivity index (χ1) is 17.4. The van der Waals surface area contributed by atoms with Crippen molar-refractivity contribution in [3.63, 3.8) is 0 Å². The van der Waals surface area contributed by atoms with Crippen LogP contribution in [0.2, 0.25) is 5.02 Å². The number of benzene rings is 2. The summed E-state index contributed by atoms with van der Waals surface area (Å²) in [7, 11) is 0. The van der Waals surface area contributed by atoms with Crippen molar-refractivity contribution in [2.24, 2.45) is 5.92 Å². The number of fused-ring (bicyclic) bond motifs is 3. The predicted octanol–water partition coefficient (Wildman–Crippen LogP) is 6.77. The molecule has 2 heterocycles. The van der Waals surface area contributed by atoms with Gasteiger partial charge in [-0.05, 0) is 68.1 Å². The lowest BCUT2D eigenvalue weighted by Gasteiger charge is -2.40. The third-order valence-electron chi connectivity index (χ3n) is 7.64. The molecule has 188 valence electrons. The normalized spacial score (nSPS) is 17.2. The second-order valence-electron chi connectivity index (χ2n) is 10.3. The fraction of sp³-hybridized carbons (Fsp3) is 0.400. The standard InChI is InChI=1S/C30H34ClN3O2/c1-21(2)33(28(35)17-16-22-9-3-4-10-22)20-29(36)34-26-14-6-5-13-25(26)32-18-8-15-27(32)30(34)23-11-7-12-24(31)19-23/h5-8,11-15,18-19,21-22,30H,3-4,9-10,16-17,20H2,1-2H3. The second-order valence-corrected chi connectivity index (χ2v) is 10.8. The maximum Gasteiger partial charge on any atom is 0.247 e. The van der Waals surface area contributed by atoms with Crippen LogP contribution in [0.25, 0.3) is 5.69 Å². The molecule has 1 atom stereocenters. The van der Waals surface area contributed by atoms with Crippen molar-refractivity contribution in [1.82, 2.24) is 9.47 Å². The Morgan fingerprint density at radius 2 is 1.75 bits per heavy atom. The number of nitrogens with zero attached hydrogens (tertiary/aromatic N) is 3. The minimum absolute atomic E-state index is 0.0489. The Morgan fingerprint density at radius 1 is 1.00 bits per heavy atom. The first kappa shape index (κ1) is 24.6. The predicted molar refractivity (Wildman–Crippen MR) is 145 cm³/mol. The molecule has 0 spiro atoms. The van der Waals surface area contributed by atoms with Crippen molar-refractivity contribution in [1.29, 1.82) is 0 Å². The lowest BCUT2D eigenvalue weighted by Crippen LogP contribution is -2.48. The van der Waals surface area contributed by atoms with Crippen molar-refractivity contribution in [2.45, 2.75) is 64.5 Å². The molecule has 3 aromatic rings. The molecular formula is C30H34ClN3O2. The summed E-state index contributed by atoms with van der Waals surface area (Å²) in [5.41, 5.74) is 3.72. The molecule has 5 nitrogen and oxygen atoms in total. The third-order valence-corrected chi connectivity index (χ3v) is 7.88. The first-order valence-electron chi connectivity index (χ1n) is 13.1. The van der Waals surface area contributed by atoms with Gasteiger partial charge in [0.05, 0.1) is 17.1 Å². The summed E-state index contributed by atoms with van der Waals surface area (Å²) < 4.78 is 2.14. The van der Waals surface area contributed by atoms with Crippen molar-refractivity contribution in [3.05, 3.63) is 83.1 Å². The summed E-state index contributed by atoms with van der Waals surface area (Å²) in [5.74, 6) is 0.619. The molecule has 2 aliphatic rings. The first-order valence-corrected chi connectivity index (χ1v) is 13.5. The Kier molecular flexibility index (Phi) is 7.20. The highest BCUT2D eigenvalue weighted by Gasteiger charge is 2.37. The fourth-order valence-corrected chi connectivity index (χ4v) is 6.00. The summed E-state index contributed by atoms with van der Waals surface area (Å²) in [5, 5.41) is 0.628. The molecule has 2 amide bonds. The van der Waals surface area contributed by atoms with E-state index >= 15 is 0 Å². The van der Waals surface area contributed by atoms with Crippen LogP contribution in [0.4, 0.5) is 5.69 Å². The quantitative estimate of drug-likeness (QED) is 0.357. The summed E-state index contributed by atoms with van der Waals surface area (Å²) >= 11 is 6.39. The smallest absolute Gasteiger partial charge is 0.247 e. The van der Waals surface area contributed by atoms with Gasteiger partial charge in [0, 0.05) is 23.7 Å². The molecule has 0 saturated heterocycles. The van der Waals surface area contributed by atoms with Gasteiger partial charge < -0.3 is 9.47 Å². The summed E-state index contributed by atoms with van der Waals surface area (Å²) in [4.78, 5) is 31.0. The Morgan fingerprint density at radius 3 is 2.47 bits per heavy atom. The van der Waals surface area contributed by atoms with Crippen molar-refractivity contribution >= 4 is 29.1 Å². The lowest BCUT2D eigenvalue weighted by atomic mass is 9.97. The Hall–Kier alpha value is -3.05. The largest absolute Gasteiger partial charge is 0.331 e. The summed E-state index contributed by atoms with van der Waals surface area (Å²) in [6, 6.07) is 19.3. The second kappa shape index (κ2) is 10.5. The van der Waals surface area contributed by atoms with E-state index < -0.39 is 0 Å². The van der Waals surface area contributed by atoms with Gasteiger partial charge in [0.15, 0.2) is 0 Å². The third kappa shape index (κ3) is 4.81. The minimum atomic E-state index is -0.344. The molecule has 1 aliphatic heterocycles. The highest BCUT2D eigenvalue weighted by atomic mass is 35.5. The molecule has 0 bridgehead atoms. The van der Waals surface area contributed by atoms with Gasteiger partial charge in [-0.25, -0.2) is 0 Å². The van der Waals surface area contributed by atoms with Crippen molar-refractivity contribution in [3.8, 4) is 5.69 Å². The average Bonchev–Trinajstić information content (AvgIpc) is 3.57. The van der Waals surface area contributed by atoms with Gasteiger partial charge in [-0.3, -0.25) is 14.5 Å². The maximum atomic E-state index is 14.1. The fourth-order valence-electron chi connectivity index (χ4n) is 5.80. The zero-order chi connectivity index (χ0) is 25.2. The van der Waals surface area contributed by atoms with E-state index in [1.54, 1.807) is 4.90 Å². The monoisotopic (exact) mass is 503 g/mol. The molecule has 1 saturated carbocycles. The van der Waals surface area contributed by atoms with Gasteiger partial charge in [-0.1, -0.05) is 61.5 Å². The van der Waals surface area contributed by atoms with Crippen LogP contribution in [0.1, 0.15) is 69.7 Å². The molecule has 6 heteroatoms. The van der Waals surface area contributed by atoms with E-state index in [1.165, 1.54) is 25.7 Å². The molecular weight excluding hydrogens is 470 g/mol. The molecule has 5 rings (SSSR count). The summed E-state index contributed by atoms with van der Waals surface area (Å²) in [6.07, 6.45) is 8.44. The lowest BCUT2D eigenvalue weighted by molar-refractivity contribution is -0.137. The maximum absolute atomic E-state index is 14.1. The van der Waals surface area contributed by atoms with Crippen LogP contribution < -0.4 is 4.90 Å². The average molecular weight is 504 g/mol. The van der Waals surface area contributed by atoms with E-state index in [0.717, 1.165) is 29.1 Å². The van der Waals surface area contributed by atoms with Gasteiger partial charge in [-0.2, -0.15) is 0 Å². The van der Waals surface area contributed by atoms with Crippen LogP contribution in [-0.4, -0.2) is 33.9 Å². The molecule has 0 N–H and O–H groups in total. The van der Waals surface area contributed by atoms with Gasteiger partial charge in [-0.15, -0.1) is 0 Å². The zero-order valence-electron chi connectivity index (χ0n) is 21.1. The van der Waals surface area contributed by atoms with E-state index in [4.69, 9.17) is 11.6 Å². The number of anilines is 1. The van der Waals surface area contributed by atoms with Crippen LogP contribution in [0, 0.1) is 5.92 Å². The van der Waals surface area contributed by atoms with Crippen molar-refractivity contribution in [2.75, 3.05) is 11.4 Å². The minimum Gasteiger partial charge on any atom is -0.331 e. The molecule has 0 radical (unpaired) electrons. The van der Waals surface area contributed by atoms with E-state index in [9.17, 15) is 9.59 Å². The number of aromatic nitrogens is 1. The van der Waals surface area contributed by atoms with Gasteiger partial charge >= 0.3 is 0 Å². The Labute approximate surface area is 218 Å². The molecule has 2 aromatic carbocycles. The van der Waals surface area contributed by atoms with Gasteiger partial charge in [0.2, 0.25) is 11.8 Å². The highest BCUT2D eigenvalue weighted by Crippen LogP contribution is 2.42. The van der Waals surface area contributed by atoms with E-state index in [-0.39, 0.29) is 30.4 Å². The van der Waals surface area contributed by atoms with Gasteiger partial charge in [0.1, 0.15) is 12.6 Å². The summed E-state index contributed by atoms with van der Waals surface area (Å²) in [6.45, 7) is 4.03. The Balaban J connectivity index is 1.47. The molecule has 1 unspecified atom stereocenters. The van der Waals surface area contributed by atoms with Crippen molar-refractivity contribution < 1.29 is 9.59 Å². The molecule has 36 heavy (non-hydrogen) atoms. The van der Waals surface area contributed by atoms with Crippen LogP contribution in [0.3, 0.4) is 0 Å². The number of carbonyl (C=O) groups excluding carboxylic acids is 2. The van der Waals surface area contributed by atoms with Gasteiger partial charge in [0.25, 0.3) is 0 Å². The van der Waals surface area contributed by atoms with Crippen LogP contribution >= 0.6 is 11.6 Å². The van der Waals surface area contributed by atoms with Crippen LogP contribution in [0.5, 0.6) is 0 Å². The molecule has 1 fully saturated rings. The number of hydrogen-bond acceptors (Lipinski definition) is 2. The number of rotatable bonds is 7. The molecule has 1 aromatic heterocycles. The number of para-hydroxylation sites is 2. The topological polar surface area (TPSA) is 45.6 Å². The number of halogens is 1. The zero-order valence-corrected chi connectivity index (χ0v) is 21.8. The number of amides is 2. The van der Waals surface area contributed by atoms with Crippen LogP contribution in [0.15, 0.2) is 66.9 Å². The molecule has 1 aliphatic carbocycles. The number of hydrogen-bond donors (Lipinski definition) is 0. The number of carbonyl (C=O) groups is 2. The van der Waals surface area contributed by atoms with Crippen LogP contribution in [-0.2, 0) is 9.59 Å². The van der Waals surface area contributed by atoms with E-state index in [2.05, 4.69) is 10.6 Å². The highest BCUT2D eigenvalue weighted by molar-refractivity contribution is 6.30. The van der Waals surface area contributed by atoms with E-state index in [1.807, 2.05) is 79.5 Å². The van der Waals surface area contributed by atoms with E-state index in [0.29, 0.717) is 17.4 Å².